The van der Waals surface area contributed by atoms with E-state index in [4.69, 9.17) is 26.1 Å². The third kappa shape index (κ3) is 4.70. The van der Waals surface area contributed by atoms with Gasteiger partial charge in [0.05, 0.1) is 48.3 Å². The average molecular weight is 498 g/mol. The Balaban J connectivity index is 1.34. The van der Waals surface area contributed by atoms with Crippen LogP contribution in [0.3, 0.4) is 0 Å². The molecule has 2 aliphatic heterocycles. The second-order valence-electron chi connectivity index (χ2n) is 9.03. The number of aromatic nitrogens is 3. The van der Waals surface area contributed by atoms with Crippen LogP contribution in [-0.4, -0.2) is 82.1 Å². The fourth-order valence-corrected chi connectivity index (χ4v) is 4.64. The van der Waals surface area contributed by atoms with Gasteiger partial charge in [-0.15, -0.1) is 0 Å². The van der Waals surface area contributed by atoms with E-state index in [1.165, 1.54) is 0 Å². The molecule has 0 aliphatic carbocycles. The van der Waals surface area contributed by atoms with Crippen LogP contribution in [0.1, 0.15) is 36.7 Å². The number of carbonyl (C=O) groups excluding carboxylic acids is 2. The first-order chi connectivity index (χ1) is 16.9. The van der Waals surface area contributed by atoms with Gasteiger partial charge in [-0.2, -0.15) is 5.10 Å². The molecule has 2 aromatic heterocycles. The van der Waals surface area contributed by atoms with Gasteiger partial charge in [-0.1, -0.05) is 24.6 Å². The molecule has 10 heteroatoms. The minimum Gasteiger partial charge on any atom is -0.449 e. The number of ether oxygens (including phenoxy) is 2. The molecule has 3 aromatic rings. The maximum atomic E-state index is 13.3. The third-order valence-electron chi connectivity index (χ3n) is 6.48. The molecule has 2 amide bonds. The molecule has 0 spiro atoms. The summed E-state index contributed by atoms with van der Waals surface area (Å²) in [6.07, 6.45) is 4.16. The van der Waals surface area contributed by atoms with Crippen molar-refractivity contribution in [3.8, 4) is 11.3 Å². The predicted molar refractivity (Wildman–Crippen MR) is 132 cm³/mol. The topological polar surface area (TPSA) is 89.8 Å². The summed E-state index contributed by atoms with van der Waals surface area (Å²) in [5.41, 5.74) is 2.74. The van der Waals surface area contributed by atoms with Crippen molar-refractivity contribution in [2.75, 3.05) is 39.5 Å². The molecule has 184 valence electrons. The molecule has 1 unspecified atom stereocenters. The fraction of sp³-hybridized carbons (Fsp3) is 0.440. The Kier molecular flexibility index (Phi) is 6.62. The number of pyridine rings is 1. The van der Waals surface area contributed by atoms with Gasteiger partial charge in [0.2, 0.25) is 0 Å². The van der Waals surface area contributed by atoms with Crippen molar-refractivity contribution in [1.29, 1.82) is 0 Å². The van der Waals surface area contributed by atoms with Crippen LogP contribution in [0.4, 0.5) is 4.79 Å². The van der Waals surface area contributed by atoms with E-state index < -0.39 is 0 Å². The minimum absolute atomic E-state index is 0.0959. The van der Waals surface area contributed by atoms with Gasteiger partial charge in [-0.05, 0) is 31.5 Å². The smallest absolute Gasteiger partial charge is 0.410 e. The maximum Gasteiger partial charge on any atom is 0.410 e. The van der Waals surface area contributed by atoms with Gasteiger partial charge in [-0.3, -0.25) is 9.48 Å². The van der Waals surface area contributed by atoms with Gasteiger partial charge < -0.3 is 19.3 Å². The average Bonchev–Trinajstić information content (AvgIpc) is 3.30. The molecule has 1 atom stereocenters. The Morgan fingerprint density at radius 1 is 1.23 bits per heavy atom. The standard InChI is InChI=1S/C25H28ClN5O4/c1-3-8-35-25(33)30-7-6-29(12-16(30)2)24(32)17-4-5-20-21(26)10-22(28-23(20)9-17)18-11-27-31(13-18)19-14-34-15-19/h4-5,9-11,13,16,19H,3,6-8,12,14-15H2,1-2H3. The SMILES string of the molecule is CCCOC(=O)N1CCN(C(=O)c2ccc3c(Cl)cc(-c4cnn(C5COC5)c4)nc3c2)CC1C. The second kappa shape index (κ2) is 9.83. The van der Waals surface area contributed by atoms with Gasteiger partial charge in [0.25, 0.3) is 5.91 Å². The van der Waals surface area contributed by atoms with Crippen LogP contribution in [0.2, 0.25) is 5.02 Å². The molecular formula is C25H28ClN5O4. The van der Waals surface area contributed by atoms with Gasteiger partial charge in [0.1, 0.15) is 0 Å². The molecule has 0 saturated carbocycles. The highest BCUT2D eigenvalue weighted by molar-refractivity contribution is 6.35. The number of amides is 2. The third-order valence-corrected chi connectivity index (χ3v) is 6.79. The van der Waals surface area contributed by atoms with E-state index in [2.05, 4.69) is 5.10 Å². The summed E-state index contributed by atoms with van der Waals surface area (Å²) in [6.45, 7) is 6.92. The summed E-state index contributed by atoms with van der Waals surface area (Å²) in [4.78, 5) is 33.8. The number of fused-ring (bicyclic) bond motifs is 1. The Morgan fingerprint density at radius 2 is 2.06 bits per heavy atom. The molecule has 4 heterocycles. The Morgan fingerprint density at radius 3 is 2.77 bits per heavy atom. The van der Waals surface area contributed by atoms with Crippen molar-refractivity contribution in [2.45, 2.75) is 32.4 Å². The monoisotopic (exact) mass is 497 g/mol. The van der Waals surface area contributed by atoms with E-state index in [-0.39, 0.29) is 24.1 Å². The number of hydrogen-bond acceptors (Lipinski definition) is 6. The van der Waals surface area contributed by atoms with Crippen molar-refractivity contribution < 1.29 is 19.1 Å². The van der Waals surface area contributed by atoms with Crippen molar-refractivity contribution in [2.24, 2.45) is 0 Å². The van der Waals surface area contributed by atoms with Crippen LogP contribution in [0.15, 0.2) is 36.7 Å². The summed E-state index contributed by atoms with van der Waals surface area (Å²) in [6, 6.07) is 7.33. The zero-order chi connectivity index (χ0) is 24.5. The van der Waals surface area contributed by atoms with Crippen molar-refractivity contribution in [3.63, 3.8) is 0 Å². The highest BCUT2D eigenvalue weighted by Crippen LogP contribution is 2.30. The molecule has 9 nitrogen and oxygen atoms in total. The van der Waals surface area contributed by atoms with E-state index in [0.29, 0.717) is 61.3 Å². The fourth-order valence-electron chi connectivity index (χ4n) is 4.38. The summed E-state index contributed by atoms with van der Waals surface area (Å²) in [7, 11) is 0. The van der Waals surface area contributed by atoms with Crippen LogP contribution in [-0.2, 0) is 9.47 Å². The van der Waals surface area contributed by atoms with Crippen molar-refractivity contribution in [1.82, 2.24) is 24.6 Å². The summed E-state index contributed by atoms with van der Waals surface area (Å²) >= 11 is 6.57. The number of rotatable bonds is 5. The quantitative estimate of drug-likeness (QED) is 0.529. The lowest BCUT2D eigenvalue weighted by Gasteiger charge is -2.39. The highest BCUT2D eigenvalue weighted by atomic mass is 35.5. The molecule has 5 rings (SSSR count). The summed E-state index contributed by atoms with van der Waals surface area (Å²) in [5, 5.41) is 5.78. The maximum absolute atomic E-state index is 13.3. The van der Waals surface area contributed by atoms with Gasteiger partial charge in [0, 0.05) is 48.4 Å². The first-order valence-corrected chi connectivity index (χ1v) is 12.3. The Hall–Kier alpha value is -3.17. The molecular weight excluding hydrogens is 470 g/mol. The van der Waals surface area contributed by atoms with Gasteiger partial charge in [0.15, 0.2) is 0 Å². The van der Waals surface area contributed by atoms with Gasteiger partial charge >= 0.3 is 6.09 Å². The Bertz CT molecular complexity index is 1260. The van der Waals surface area contributed by atoms with E-state index in [0.717, 1.165) is 17.4 Å². The van der Waals surface area contributed by atoms with Crippen molar-refractivity contribution in [3.05, 3.63) is 47.2 Å². The first-order valence-electron chi connectivity index (χ1n) is 11.9. The lowest BCUT2D eigenvalue weighted by atomic mass is 10.1. The van der Waals surface area contributed by atoms with E-state index in [1.807, 2.05) is 36.9 Å². The van der Waals surface area contributed by atoms with Crippen LogP contribution >= 0.6 is 11.6 Å². The first kappa shape index (κ1) is 23.6. The van der Waals surface area contributed by atoms with Crippen LogP contribution < -0.4 is 0 Å². The van der Waals surface area contributed by atoms with Crippen LogP contribution in [0, 0.1) is 0 Å². The minimum atomic E-state index is -0.323. The zero-order valence-corrected chi connectivity index (χ0v) is 20.6. The van der Waals surface area contributed by atoms with Crippen molar-refractivity contribution >= 4 is 34.5 Å². The predicted octanol–water partition coefficient (Wildman–Crippen LogP) is 4.02. The number of carbonyl (C=O) groups is 2. The molecule has 2 saturated heterocycles. The van der Waals surface area contributed by atoms with E-state index in [9.17, 15) is 9.59 Å². The Labute approximate surface area is 208 Å². The van der Waals surface area contributed by atoms with Crippen LogP contribution in [0.25, 0.3) is 22.2 Å². The summed E-state index contributed by atoms with van der Waals surface area (Å²) in [5.74, 6) is -0.0959. The molecule has 0 N–H and O–H groups in total. The normalized spacial score (nSPS) is 18.5. The largest absolute Gasteiger partial charge is 0.449 e. The lowest BCUT2D eigenvalue weighted by Crippen LogP contribution is -2.55. The van der Waals surface area contributed by atoms with E-state index in [1.54, 1.807) is 28.1 Å². The molecule has 0 bridgehead atoms. The number of piperazine rings is 1. The number of nitrogens with zero attached hydrogens (tertiary/aromatic N) is 5. The molecule has 2 aliphatic rings. The number of hydrogen-bond donors (Lipinski definition) is 0. The molecule has 35 heavy (non-hydrogen) atoms. The van der Waals surface area contributed by atoms with Crippen LogP contribution in [0.5, 0.6) is 0 Å². The number of benzene rings is 1. The summed E-state index contributed by atoms with van der Waals surface area (Å²) < 4.78 is 12.4. The molecule has 2 fully saturated rings. The van der Waals surface area contributed by atoms with Gasteiger partial charge in [-0.25, -0.2) is 9.78 Å². The molecule has 0 radical (unpaired) electrons. The lowest BCUT2D eigenvalue weighted by molar-refractivity contribution is -0.0286. The zero-order valence-electron chi connectivity index (χ0n) is 19.8. The molecule has 1 aromatic carbocycles. The van der Waals surface area contributed by atoms with E-state index >= 15 is 0 Å². The second-order valence-corrected chi connectivity index (χ2v) is 9.44. The highest BCUT2D eigenvalue weighted by Gasteiger charge is 2.31. The number of halogens is 1.